The number of nitrogens with zero attached hydrogens (tertiary/aromatic N) is 4. The van der Waals surface area contributed by atoms with E-state index in [4.69, 9.17) is 4.74 Å². The third kappa shape index (κ3) is 5.78. The van der Waals surface area contributed by atoms with Crippen LogP contribution >= 0.6 is 0 Å². The number of nitrogens with one attached hydrogen (secondary N) is 2. The summed E-state index contributed by atoms with van der Waals surface area (Å²) in [5.74, 6) is 2.60. The van der Waals surface area contributed by atoms with Crippen LogP contribution in [0.5, 0.6) is 0 Å². The van der Waals surface area contributed by atoms with E-state index in [1.165, 1.54) is 25.7 Å². The van der Waals surface area contributed by atoms with E-state index in [1.54, 1.807) is 13.4 Å². The van der Waals surface area contributed by atoms with Crippen molar-refractivity contribution in [3.8, 4) is 0 Å². The highest BCUT2D eigenvalue weighted by Crippen LogP contribution is 2.23. The molecule has 0 aromatic carbocycles. The second kappa shape index (κ2) is 10.3. The summed E-state index contributed by atoms with van der Waals surface area (Å²) in [6.07, 6.45) is 7.84. The Balaban J connectivity index is 1.86. The van der Waals surface area contributed by atoms with Crippen LogP contribution in [0.15, 0.2) is 11.3 Å². The second-order valence-electron chi connectivity index (χ2n) is 6.46. The minimum Gasteiger partial charge on any atom is -0.383 e. The maximum absolute atomic E-state index is 5.11. The molecule has 0 bridgehead atoms. The number of aromatic nitrogens is 3. The molecule has 7 heteroatoms. The number of hydrogen-bond donors (Lipinski definition) is 2. The molecular formula is C17H32N6O. The van der Waals surface area contributed by atoms with Crippen LogP contribution in [-0.2, 0) is 17.7 Å². The fourth-order valence-electron chi connectivity index (χ4n) is 3.14. The summed E-state index contributed by atoms with van der Waals surface area (Å²) >= 11 is 0. The van der Waals surface area contributed by atoms with Crippen molar-refractivity contribution in [3.05, 3.63) is 12.2 Å². The van der Waals surface area contributed by atoms with Gasteiger partial charge in [0.1, 0.15) is 12.2 Å². The van der Waals surface area contributed by atoms with Crippen molar-refractivity contribution in [1.82, 2.24) is 25.4 Å². The Morgan fingerprint density at radius 1 is 1.42 bits per heavy atom. The predicted molar refractivity (Wildman–Crippen MR) is 96.1 cm³/mol. The molecule has 1 fully saturated rings. The number of guanidine groups is 1. The fraction of sp³-hybridized carbons (Fsp3) is 0.824. The number of rotatable bonds is 8. The summed E-state index contributed by atoms with van der Waals surface area (Å²) < 4.78 is 7.20. The van der Waals surface area contributed by atoms with Gasteiger partial charge < -0.3 is 19.9 Å². The SMILES string of the molecule is CCc1nncn1CCNC(=NCCOC)NC1CCCCC1C. The van der Waals surface area contributed by atoms with Gasteiger partial charge in [0.2, 0.25) is 0 Å². The van der Waals surface area contributed by atoms with E-state index in [1.807, 2.05) is 0 Å². The predicted octanol–water partition coefficient (Wildman–Crippen LogP) is 1.60. The van der Waals surface area contributed by atoms with E-state index in [-0.39, 0.29) is 0 Å². The zero-order valence-corrected chi connectivity index (χ0v) is 15.3. The van der Waals surface area contributed by atoms with Crippen molar-refractivity contribution in [2.75, 3.05) is 26.8 Å². The first-order chi connectivity index (χ1) is 11.7. The Bertz CT molecular complexity index is 501. The first-order valence-electron chi connectivity index (χ1n) is 9.15. The van der Waals surface area contributed by atoms with Crippen LogP contribution in [0.4, 0.5) is 0 Å². The maximum Gasteiger partial charge on any atom is 0.191 e. The molecule has 0 saturated heterocycles. The van der Waals surface area contributed by atoms with Gasteiger partial charge in [-0.15, -0.1) is 10.2 Å². The highest BCUT2D eigenvalue weighted by Gasteiger charge is 2.21. The number of aryl methyl sites for hydroxylation is 1. The lowest BCUT2D eigenvalue weighted by atomic mass is 9.86. The van der Waals surface area contributed by atoms with Crippen LogP contribution in [0.25, 0.3) is 0 Å². The maximum atomic E-state index is 5.11. The van der Waals surface area contributed by atoms with Gasteiger partial charge in [-0.2, -0.15) is 0 Å². The van der Waals surface area contributed by atoms with E-state index >= 15 is 0 Å². The highest BCUT2D eigenvalue weighted by molar-refractivity contribution is 5.80. The molecule has 1 aliphatic carbocycles. The van der Waals surface area contributed by atoms with E-state index in [0.29, 0.717) is 25.1 Å². The monoisotopic (exact) mass is 336 g/mol. The average Bonchev–Trinajstić information content (AvgIpc) is 3.04. The molecule has 2 rings (SSSR count). The van der Waals surface area contributed by atoms with Gasteiger partial charge in [0.15, 0.2) is 5.96 Å². The molecule has 1 aromatic heterocycles. The summed E-state index contributed by atoms with van der Waals surface area (Å²) in [6, 6.07) is 0.508. The fourth-order valence-corrected chi connectivity index (χ4v) is 3.14. The molecule has 136 valence electrons. The summed E-state index contributed by atoms with van der Waals surface area (Å²) in [5.41, 5.74) is 0. The van der Waals surface area contributed by atoms with Gasteiger partial charge in [-0.3, -0.25) is 4.99 Å². The van der Waals surface area contributed by atoms with Crippen LogP contribution in [0.2, 0.25) is 0 Å². The summed E-state index contributed by atoms with van der Waals surface area (Å²) in [7, 11) is 1.71. The first kappa shape index (κ1) is 18.7. The molecule has 0 spiro atoms. The van der Waals surface area contributed by atoms with Crippen LogP contribution < -0.4 is 10.6 Å². The molecule has 0 amide bonds. The van der Waals surface area contributed by atoms with Gasteiger partial charge in [0.25, 0.3) is 0 Å². The number of methoxy groups -OCH3 is 1. The number of ether oxygens (including phenoxy) is 1. The zero-order chi connectivity index (χ0) is 17.2. The smallest absolute Gasteiger partial charge is 0.191 e. The molecule has 1 aromatic rings. The van der Waals surface area contributed by atoms with Crippen molar-refractivity contribution >= 4 is 5.96 Å². The first-order valence-corrected chi connectivity index (χ1v) is 9.15. The molecule has 1 aliphatic rings. The van der Waals surface area contributed by atoms with Crippen molar-refractivity contribution in [2.24, 2.45) is 10.9 Å². The molecule has 0 radical (unpaired) electrons. The van der Waals surface area contributed by atoms with Crippen molar-refractivity contribution in [2.45, 2.75) is 58.5 Å². The van der Waals surface area contributed by atoms with Crippen LogP contribution in [0, 0.1) is 5.92 Å². The lowest BCUT2D eigenvalue weighted by Gasteiger charge is -2.31. The Morgan fingerprint density at radius 2 is 2.25 bits per heavy atom. The van der Waals surface area contributed by atoms with Crippen LogP contribution in [-0.4, -0.2) is 53.6 Å². The quantitative estimate of drug-likeness (QED) is 0.428. The van der Waals surface area contributed by atoms with Crippen LogP contribution in [0.3, 0.4) is 0 Å². The van der Waals surface area contributed by atoms with E-state index in [0.717, 1.165) is 31.3 Å². The van der Waals surface area contributed by atoms with Crippen molar-refractivity contribution in [1.29, 1.82) is 0 Å². The van der Waals surface area contributed by atoms with E-state index in [9.17, 15) is 0 Å². The Hall–Kier alpha value is -1.63. The van der Waals surface area contributed by atoms with Gasteiger partial charge in [0.05, 0.1) is 13.2 Å². The number of hydrogen-bond acceptors (Lipinski definition) is 4. The molecule has 0 aliphatic heterocycles. The lowest BCUT2D eigenvalue weighted by molar-refractivity contribution is 0.207. The Kier molecular flexibility index (Phi) is 8.01. The van der Waals surface area contributed by atoms with Gasteiger partial charge in [-0.25, -0.2) is 0 Å². The Morgan fingerprint density at radius 3 is 3.00 bits per heavy atom. The molecule has 1 saturated carbocycles. The third-order valence-electron chi connectivity index (χ3n) is 4.66. The minimum atomic E-state index is 0.508. The summed E-state index contributed by atoms with van der Waals surface area (Å²) in [6.45, 7) is 7.36. The molecule has 2 unspecified atom stereocenters. The third-order valence-corrected chi connectivity index (χ3v) is 4.66. The van der Waals surface area contributed by atoms with Gasteiger partial charge in [-0.1, -0.05) is 26.7 Å². The largest absolute Gasteiger partial charge is 0.383 e. The standard InChI is InChI=1S/C17H32N6O/c1-4-16-22-20-13-23(16)11-9-18-17(19-10-12-24-3)21-15-8-6-5-7-14(15)2/h13-15H,4-12H2,1-3H3,(H2,18,19,21). The van der Waals surface area contributed by atoms with Gasteiger partial charge >= 0.3 is 0 Å². The molecule has 1 heterocycles. The van der Waals surface area contributed by atoms with E-state index < -0.39 is 0 Å². The Labute approximate surface area is 145 Å². The minimum absolute atomic E-state index is 0.508. The lowest BCUT2D eigenvalue weighted by Crippen LogP contribution is -2.48. The van der Waals surface area contributed by atoms with Crippen LogP contribution in [0.1, 0.15) is 45.4 Å². The van der Waals surface area contributed by atoms with Gasteiger partial charge in [0, 0.05) is 32.7 Å². The highest BCUT2D eigenvalue weighted by atomic mass is 16.5. The summed E-state index contributed by atoms with van der Waals surface area (Å²) in [5, 5.41) is 15.2. The van der Waals surface area contributed by atoms with Crippen molar-refractivity contribution in [3.63, 3.8) is 0 Å². The number of aliphatic imine (C=N–C) groups is 1. The van der Waals surface area contributed by atoms with E-state index in [2.05, 4.69) is 44.2 Å². The van der Waals surface area contributed by atoms with Crippen molar-refractivity contribution < 1.29 is 4.74 Å². The van der Waals surface area contributed by atoms with Gasteiger partial charge in [-0.05, 0) is 18.8 Å². The zero-order valence-electron chi connectivity index (χ0n) is 15.3. The second-order valence-corrected chi connectivity index (χ2v) is 6.46. The topological polar surface area (TPSA) is 76.4 Å². The molecular weight excluding hydrogens is 304 g/mol. The molecule has 7 nitrogen and oxygen atoms in total. The molecule has 2 atom stereocenters. The normalized spacial score (nSPS) is 21.7. The average molecular weight is 336 g/mol. The molecule has 24 heavy (non-hydrogen) atoms. The molecule has 2 N–H and O–H groups in total. The summed E-state index contributed by atoms with van der Waals surface area (Å²) in [4.78, 5) is 4.63.